The molecule has 0 aliphatic carbocycles. The second-order valence-electron chi connectivity index (χ2n) is 14.8. The summed E-state index contributed by atoms with van der Waals surface area (Å²) >= 11 is 0. The molecule has 0 amide bonds. The van der Waals surface area contributed by atoms with Crippen LogP contribution in [0, 0.1) is 0 Å². The Labute approximate surface area is 307 Å². The van der Waals surface area contributed by atoms with Crippen molar-refractivity contribution in [1.29, 1.82) is 0 Å². The zero-order valence-electron chi connectivity index (χ0n) is 30.5. The fourth-order valence-corrected chi connectivity index (χ4v) is 8.71. The maximum absolute atomic E-state index is 11.4. The highest BCUT2D eigenvalue weighted by Gasteiger charge is 2.45. The molecule has 270 valence electrons. The van der Waals surface area contributed by atoms with Crippen LogP contribution < -0.4 is 4.90 Å². The van der Waals surface area contributed by atoms with Gasteiger partial charge in [0.05, 0.1) is 11.2 Å². The molecule has 0 saturated heterocycles. The van der Waals surface area contributed by atoms with E-state index in [4.69, 9.17) is 0 Å². The molecule has 2 heterocycles. The average molecular weight is 718 g/mol. The number of allylic oxidation sites excluding steroid dienone is 8. The number of hydrogen-bond acceptors (Lipinski definition) is 4. The summed E-state index contributed by atoms with van der Waals surface area (Å²) in [5, 5.41) is 14.0. The largest absolute Gasteiger partial charge is 0.481 e. The summed E-state index contributed by atoms with van der Waals surface area (Å²) in [5.41, 5.74) is 6.67. The summed E-state index contributed by atoms with van der Waals surface area (Å²) in [4.78, 5) is 13.6. The van der Waals surface area contributed by atoms with E-state index in [1.165, 1.54) is 44.1 Å². The summed E-state index contributed by atoms with van der Waals surface area (Å²) in [5.74, 6) is -1.00. The van der Waals surface area contributed by atoms with Gasteiger partial charge in [0.2, 0.25) is 5.69 Å². The van der Waals surface area contributed by atoms with Gasteiger partial charge in [-0.15, -0.1) is 0 Å². The van der Waals surface area contributed by atoms with Gasteiger partial charge in [0.1, 0.15) is 6.54 Å². The molecule has 0 aromatic heterocycles. The predicted molar refractivity (Wildman–Crippen MR) is 214 cm³/mol. The molecule has 0 atom stereocenters. The van der Waals surface area contributed by atoms with Gasteiger partial charge in [-0.05, 0) is 78.4 Å². The lowest BCUT2D eigenvalue weighted by Crippen LogP contribution is -2.28. The number of carboxylic acids is 1. The summed E-state index contributed by atoms with van der Waals surface area (Å²) in [6.07, 6.45) is 17.2. The van der Waals surface area contributed by atoms with Crippen LogP contribution in [0.3, 0.4) is 0 Å². The van der Waals surface area contributed by atoms with E-state index in [0.29, 0.717) is 25.8 Å². The number of anilines is 1. The summed E-state index contributed by atoms with van der Waals surface area (Å²) in [6, 6.07) is 25.6. The second-order valence-corrected chi connectivity index (χ2v) is 16.4. The Morgan fingerprint density at radius 3 is 2.08 bits per heavy atom. The highest BCUT2D eigenvalue weighted by Crippen LogP contribution is 2.51. The molecule has 8 heteroatoms. The van der Waals surface area contributed by atoms with Crippen LogP contribution >= 0.6 is 0 Å². The van der Waals surface area contributed by atoms with Gasteiger partial charge in [-0.25, -0.2) is 0 Å². The summed E-state index contributed by atoms with van der Waals surface area (Å²) in [7, 11) is -4.00. The van der Waals surface area contributed by atoms with E-state index in [1.807, 2.05) is 18.2 Å². The Morgan fingerprint density at radius 1 is 0.750 bits per heavy atom. The van der Waals surface area contributed by atoms with Gasteiger partial charge in [0.25, 0.3) is 10.1 Å². The van der Waals surface area contributed by atoms with Crippen LogP contribution in [0.15, 0.2) is 121 Å². The Hall–Kier alpha value is -4.79. The van der Waals surface area contributed by atoms with Crippen LogP contribution in [0.4, 0.5) is 11.4 Å². The van der Waals surface area contributed by atoms with Gasteiger partial charge < -0.3 is 10.0 Å². The molecule has 2 aliphatic heterocycles. The molecule has 7 nitrogen and oxygen atoms in total. The van der Waals surface area contributed by atoms with Gasteiger partial charge in [-0.1, -0.05) is 98.8 Å². The minimum Gasteiger partial charge on any atom is -0.481 e. The van der Waals surface area contributed by atoms with E-state index >= 15 is 0 Å². The molecule has 4 aromatic rings. The smallest absolute Gasteiger partial charge is 0.303 e. The van der Waals surface area contributed by atoms with Gasteiger partial charge in [-0.2, -0.15) is 13.0 Å². The van der Waals surface area contributed by atoms with Crippen molar-refractivity contribution in [2.45, 2.75) is 70.6 Å². The molecule has 4 aromatic carbocycles. The molecule has 0 spiro atoms. The lowest BCUT2D eigenvalue weighted by atomic mass is 9.79. The summed E-state index contributed by atoms with van der Waals surface area (Å²) in [6.45, 7) is 10.4. The molecular weight excluding hydrogens is 669 g/mol. The molecule has 0 fully saturated rings. The van der Waals surface area contributed by atoms with Crippen molar-refractivity contribution in [1.82, 2.24) is 0 Å². The topological polar surface area (TPSA) is 97.9 Å². The van der Waals surface area contributed by atoms with Crippen molar-refractivity contribution < 1.29 is 27.4 Å². The quantitative estimate of drug-likeness (QED) is 0.0584. The van der Waals surface area contributed by atoms with Crippen molar-refractivity contribution in [3.8, 4) is 0 Å². The van der Waals surface area contributed by atoms with Crippen LogP contribution in [0.5, 0.6) is 0 Å². The number of carboxylic acid groups (broad SMARTS) is 1. The molecule has 0 radical (unpaired) electrons. The monoisotopic (exact) mass is 717 g/mol. The van der Waals surface area contributed by atoms with Crippen LogP contribution in [0.1, 0.15) is 70.9 Å². The number of fused-ring (bicyclic) bond motifs is 6. The Bertz CT molecular complexity index is 2270. The first-order chi connectivity index (χ1) is 24.8. The third-order valence-corrected chi connectivity index (χ3v) is 11.3. The minimum absolute atomic E-state index is 0.171. The number of unbranched alkanes of at least 4 members (excludes halogenated alkanes) is 2. The van der Waals surface area contributed by atoms with Crippen LogP contribution in [-0.2, 0) is 25.7 Å². The molecule has 52 heavy (non-hydrogen) atoms. The van der Waals surface area contributed by atoms with E-state index in [-0.39, 0.29) is 23.0 Å². The molecule has 2 N–H and O–H groups in total. The second kappa shape index (κ2) is 15.1. The number of benzene rings is 4. The molecule has 0 bridgehead atoms. The van der Waals surface area contributed by atoms with Gasteiger partial charge in [-0.3, -0.25) is 9.35 Å². The number of rotatable bonds is 14. The van der Waals surface area contributed by atoms with E-state index in [0.717, 1.165) is 24.4 Å². The van der Waals surface area contributed by atoms with E-state index in [9.17, 15) is 22.9 Å². The van der Waals surface area contributed by atoms with Crippen molar-refractivity contribution >= 4 is 54.7 Å². The molecule has 6 rings (SSSR count). The van der Waals surface area contributed by atoms with E-state index < -0.39 is 16.1 Å². The number of hydrogen-bond donors (Lipinski definition) is 2. The van der Waals surface area contributed by atoms with E-state index in [1.54, 1.807) is 0 Å². The van der Waals surface area contributed by atoms with Crippen molar-refractivity contribution in [2.75, 3.05) is 23.7 Å². The number of carbonyl (C=O) groups is 1. The van der Waals surface area contributed by atoms with Crippen LogP contribution in [0.25, 0.3) is 21.5 Å². The summed E-state index contributed by atoms with van der Waals surface area (Å²) < 4.78 is 34.3. The minimum atomic E-state index is -4.00. The molecule has 2 aliphatic rings. The van der Waals surface area contributed by atoms with Gasteiger partial charge in [0.15, 0.2) is 5.71 Å². The highest BCUT2D eigenvalue weighted by atomic mass is 32.2. The molecule has 0 saturated carbocycles. The standard InChI is InChI=1S/C44H48N2O5S/c1-43(2)38(45(29-15-14-24-40(47)48)36-27-25-32-18-10-12-20-34(32)41(36)43)22-8-6-5-7-9-23-39-44(3,4)42-35-21-13-11-19-33(35)26-28-37(42)46(39)30-16-17-31-52(49,50)51/h5-13,18-23,25-28H,14-17,24,29-31H2,1-4H3,(H-,47,48,49,50,51)/p+1. The average Bonchev–Trinajstić information content (AvgIpc) is 3.45. The van der Waals surface area contributed by atoms with Crippen LogP contribution in [-0.4, -0.2) is 53.2 Å². The Balaban J connectivity index is 1.25. The maximum Gasteiger partial charge on any atom is 0.303 e. The van der Waals surface area contributed by atoms with Gasteiger partial charge >= 0.3 is 5.97 Å². The van der Waals surface area contributed by atoms with Crippen molar-refractivity contribution in [3.05, 3.63) is 132 Å². The lowest BCUT2D eigenvalue weighted by Gasteiger charge is -2.27. The first-order valence-corrected chi connectivity index (χ1v) is 19.8. The number of aliphatic carboxylic acids is 1. The third kappa shape index (κ3) is 7.55. The Morgan fingerprint density at radius 2 is 1.38 bits per heavy atom. The normalized spacial score (nSPS) is 17.5. The van der Waals surface area contributed by atoms with Crippen molar-refractivity contribution in [3.63, 3.8) is 0 Å². The Kier molecular flexibility index (Phi) is 10.7. The zero-order chi connectivity index (χ0) is 37.1. The first-order valence-electron chi connectivity index (χ1n) is 18.2. The first kappa shape index (κ1) is 37.0. The van der Waals surface area contributed by atoms with E-state index in [2.05, 4.69) is 134 Å². The zero-order valence-corrected chi connectivity index (χ0v) is 31.4. The fourth-order valence-electron chi connectivity index (χ4n) is 8.14. The third-order valence-electron chi connectivity index (χ3n) is 10.5. The maximum atomic E-state index is 11.4. The fraction of sp³-hybridized carbons (Fsp3) is 0.318. The SMILES string of the molecule is CC1(C)C(/C=C/C=C/C=C/C=C2/N(CCCCC(=O)O)c3ccc4ccccc4c3C2(C)C)=[N+](CCCCS(=O)(=O)O)c2ccc3ccccc3c21. The molecular formula is C44H49N2O5S+. The highest BCUT2D eigenvalue weighted by molar-refractivity contribution is 7.85. The lowest BCUT2D eigenvalue weighted by molar-refractivity contribution is -0.438. The van der Waals surface area contributed by atoms with Crippen molar-refractivity contribution in [2.24, 2.45) is 0 Å². The predicted octanol–water partition coefficient (Wildman–Crippen LogP) is 9.64. The molecule has 0 unspecified atom stereocenters. The van der Waals surface area contributed by atoms with Crippen LogP contribution in [0.2, 0.25) is 0 Å². The van der Waals surface area contributed by atoms with Gasteiger partial charge in [0, 0.05) is 53.9 Å². The number of nitrogens with zero attached hydrogens (tertiary/aromatic N) is 2.